The number of carbonyl (C=O) groups is 1. The zero-order valence-electron chi connectivity index (χ0n) is 13.2. The number of hydrogen-bond donors (Lipinski definition) is 1. The van der Waals surface area contributed by atoms with Gasteiger partial charge >= 0.3 is 0 Å². The van der Waals surface area contributed by atoms with E-state index in [9.17, 15) is 4.79 Å². The van der Waals surface area contributed by atoms with Crippen molar-refractivity contribution < 1.29 is 13.9 Å². The van der Waals surface area contributed by atoms with Gasteiger partial charge < -0.3 is 14.5 Å². The monoisotopic (exact) mass is 367 g/mol. The van der Waals surface area contributed by atoms with Crippen molar-refractivity contribution >= 4 is 29.3 Å². The van der Waals surface area contributed by atoms with Gasteiger partial charge in [0.15, 0.2) is 0 Å². The normalized spacial score (nSPS) is 18.5. The Hall–Kier alpha value is -1.57. The highest BCUT2D eigenvalue weighted by atomic mass is 35.5. The van der Waals surface area contributed by atoms with Gasteiger partial charge in [-0.15, -0.1) is 10.2 Å². The van der Waals surface area contributed by atoms with Crippen LogP contribution >= 0.6 is 23.4 Å². The van der Waals surface area contributed by atoms with Crippen LogP contribution in [0.1, 0.15) is 19.8 Å². The number of thioether (sulfide) groups is 1. The minimum atomic E-state index is -0.329. The second-order valence-electron chi connectivity index (χ2n) is 5.52. The summed E-state index contributed by atoms with van der Waals surface area (Å²) in [4.78, 5) is 12.1. The standard InChI is InChI=1S/C16H18ClN3O3S/c1-10(14(21)18-9-13-3-2-8-22-13)24-16-20-19-15(23-16)11-4-6-12(17)7-5-11/h4-7,10,13H,2-3,8-9H2,1H3,(H,18,21)/t10-,13-/m1/s1. The molecule has 0 radical (unpaired) electrons. The number of ether oxygens (including phenoxy) is 1. The van der Waals surface area contributed by atoms with Gasteiger partial charge in [-0.25, -0.2) is 0 Å². The van der Waals surface area contributed by atoms with E-state index >= 15 is 0 Å². The third-order valence-electron chi connectivity index (χ3n) is 3.67. The molecule has 128 valence electrons. The SMILES string of the molecule is C[C@@H](Sc1nnc(-c2ccc(Cl)cc2)o1)C(=O)NC[C@H]1CCCO1. The van der Waals surface area contributed by atoms with Crippen LogP contribution in [0.2, 0.25) is 5.02 Å². The van der Waals surface area contributed by atoms with Gasteiger partial charge in [0.1, 0.15) is 0 Å². The number of nitrogens with one attached hydrogen (secondary N) is 1. The lowest BCUT2D eigenvalue weighted by molar-refractivity contribution is -0.120. The number of nitrogens with zero attached hydrogens (tertiary/aromatic N) is 2. The van der Waals surface area contributed by atoms with Crippen LogP contribution in [0.15, 0.2) is 33.9 Å². The predicted molar refractivity (Wildman–Crippen MR) is 92.0 cm³/mol. The van der Waals surface area contributed by atoms with Gasteiger partial charge in [-0.3, -0.25) is 4.79 Å². The summed E-state index contributed by atoms with van der Waals surface area (Å²) in [6.45, 7) is 3.13. The fourth-order valence-electron chi connectivity index (χ4n) is 2.33. The molecule has 24 heavy (non-hydrogen) atoms. The van der Waals surface area contributed by atoms with Gasteiger partial charge in [-0.2, -0.15) is 0 Å². The van der Waals surface area contributed by atoms with Crippen LogP contribution in [-0.4, -0.2) is 40.6 Å². The Morgan fingerprint density at radius 2 is 2.21 bits per heavy atom. The molecule has 0 spiro atoms. The molecule has 0 aliphatic carbocycles. The second kappa shape index (κ2) is 8.00. The number of rotatable bonds is 6. The van der Waals surface area contributed by atoms with E-state index in [2.05, 4.69) is 15.5 Å². The Balaban J connectivity index is 1.53. The molecule has 2 heterocycles. The van der Waals surface area contributed by atoms with Crippen molar-refractivity contribution in [3.63, 3.8) is 0 Å². The Kier molecular flexibility index (Phi) is 5.76. The first-order valence-corrected chi connectivity index (χ1v) is 9.03. The zero-order chi connectivity index (χ0) is 16.9. The maximum Gasteiger partial charge on any atom is 0.277 e. The molecule has 1 fully saturated rings. The lowest BCUT2D eigenvalue weighted by Gasteiger charge is -2.13. The number of halogens is 1. The molecule has 1 saturated heterocycles. The molecule has 6 nitrogen and oxygen atoms in total. The number of hydrogen-bond acceptors (Lipinski definition) is 6. The largest absolute Gasteiger partial charge is 0.411 e. The van der Waals surface area contributed by atoms with Crippen molar-refractivity contribution in [3.05, 3.63) is 29.3 Å². The fourth-order valence-corrected chi connectivity index (χ4v) is 3.17. The maximum atomic E-state index is 12.1. The quantitative estimate of drug-likeness (QED) is 0.790. The highest BCUT2D eigenvalue weighted by Crippen LogP contribution is 2.26. The molecule has 1 aromatic heterocycles. The highest BCUT2D eigenvalue weighted by molar-refractivity contribution is 8.00. The predicted octanol–water partition coefficient (Wildman–Crippen LogP) is 3.17. The van der Waals surface area contributed by atoms with E-state index in [1.807, 2.05) is 19.1 Å². The van der Waals surface area contributed by atoms with E-state index in [0.717, 1.165) is 25.0 Å². The minimum absolute atomic E-state index is 0.0678. The van der Waals surface area contributed by atoms with E-state index < -0.39 is 0 Å². The van der Waals surface area contributed by atoms with Crippen molar-refractivity contribution in [1.29, 1.82) is 0 Å². The van der Waals surface area contributed by atoms with Crippen molar-refractivity contribution in [2.24, 2.45) is 0 Å². The Labute approximate surface area is 149 Å². The molecule has 1 aliphatic heterocycles. The molecular formula is C16H18ClN3O3S. The van der Waals surface area contributed by atoms with Gasteiger partial charge in [-0.05, 0) is 44.0 Å². The summed E-state index contributed by atoms with van der Waals surface area (Å²) in [6, 6.07) is 7.13. The fraction of sp³-hybridized carbons (Fsp3) is 0.438. The topological polar surface area (TPSA) is 77.2 Å². The summed E-state index contributed by atoms with van der Waals surface area (Å²) in [5.41, 5.74) is 0.786. The minimum Gasteiger partial charge on any atom is -0.411 e. The van der Waals surface area contributed by atoms with Gasteiger partial charge in [0.2, 0.25) is 11.8 Å². The Bertz CT molecular complexity index is 686. The average Bonchev–Trinajstić information content (AvgIpc) is 3.25. The van der Waals surface area contributed by atoms with Gasteiger partial charge in [-0.1, -0.05) is 23.4 Å². The van der Waals surface area contributed by atoms with Crippen LogP contribution in [0, 0.1) is 0 Å². The van der Waals surface area contributed by atoms with Gasteiger partial charge in [0.05, 0.1) is 11.4 Å². The van der Waals surface area contributed by atoms with Crippen LogP contribution < -0.4 is 5.32 Å². The van der Waals surface area contributed by atoms with Crippen molar-refractivity contribution in [2.45, 2.75) is 36.3 Å². The van der Waals surface area contributed by atoms with Gasteiger partial charge in [0.25, 0.3) is 5.22 Å². The highest BCUT2D eigenvalue weighted by Gasteiger charge is 2.21. The lowest BCUT2D eigenvalue weighted by atomic mass is 10.2. The first-order valence-electron chi connectivity index (χ1n) is 7.77. The van der Waals surface area contributed by atoms with E-state index in [1.54, 1.807) is 12.1 Å². The number of carbonyl (C=O) groups excluding carboxylic acids is 1. The van der Waals surface area contributed by atoms with E-state index in [0.29, 0.717) is 22.7 Å². The van der Waals surface area contributed by atoms with Crippen molar-refractivity contribution in [2.75, 3.05) is 13.2 Å². The maximum absolute atomic E-state index is 12.1. The molecule has 0 bridgehead atoms. The van der Waals surface area contributed by atoms with Crippen LogP contribution in [0.4, 0.5) is 0 Å². The summed E-state index contributed by atoms with van der Waals surface area (Å²) < 4.78 is 11.1. The van der Waals surface area contributed by atoms with Crippen LogP contribution in [0.5, 0.6) is 0 Å². The molecule has 1 N–H and O–H groups in total. The number of benzene rings is 1. The molecule has 2 atom stereocenters. The average molecular weight is 368 g/mol. The first kappa shape index (κ1) is 17.3. The van der Waals surface area contributed by atoms with Gasteiger partial charge in [0, 0.05) is 23.7 Å². The molecule has 8 heteroatoms. The van der Waals surface area contributed by atoms with Crippen molar-refractivity contribution in [1.82, 2.24) is 15.5 Å². The zero-order valence-corrected chi connectivity index (χ0v) is 14.8. The Morgan fingerprint density at radius 1 is 1.42 bits per heavy atom. The molecule has 1 aliphatic rings. The summed E-state index contributed by atoms with van der Waals surface area (Å²) >= 11 is 7.09. The Morgan fingerprint density at radius 3 is 2.92 bits per heavy atom. The molecule has 1 amide bonds. The third-order valence-corrected chi connectivity index (χ3v) is 4.86. The summed E-state index contributed by atoms with van der Waals surface area (Å²) in [5.74, 6) is 0.336. The lowest BCUT2D eigenvalue weighted by Crippen LogP contribution is -2.36. The smallest absolute Gasteiger partial charge is 0.277 e. The summed E-state index contributed by atoms with van der Waals surface area (Å²) in [6.07, 6.45) is 2.18. The summed E-state index contributed by atoms with van der Waals surface area (Å²) in [5, 5.41) is 11.6. The molecule has 0 unspecified atom stereocenters. The molecule has 1 aromatic carbocycles. The van der Waals surface area contributed by atoms with E-state index in [4.69, 9.17) is 20.8 Å². The van der Waals surface area contributed by atoms with E-state index in [-0.39, 0.29) is 17.3 Å². The molecule has 0 saturated carbocycles. The third kappa shape index (κ3) is 4.49. The number of aromatic nitrogens is 2. The number of amides is 1. The molecule has 3 rings (SSSR count). The van der Waals surface area contributed by atoms with Crippen LogP contribution in [-0.2, 0) is 9.53 Å². The van der Waals surface area contributed by atoms with Crippen molar-refractivity contribution in [3.8, 4) is 11.5 Å². The van der Waals surface area contributed by atoms with Crippen LogP contribution in [0.3, 0.4) is 0 Å². The summed E-state index contributed by atoms with van der Waals surface area (Å²) in [7, 11) is 0. The molecule has 2 aromatic rings. The second-order valence-corrected chi connectivity index (χ2v) is 7.25. The van der Waals surface area contributed by atoms with E-state index in [1.165, 1.54) is 11.8 Å². The first-order chi connectivity index (χ1) is 11.6. The molecular weight excluding hydrogens is 350 g/mol. The van der Waals surface area contributed by atoms with Crippen LogP contribution in [0.25, 0.3) is 11.5 Å².